The van der Waals surface area contributed by atoms with E-state index in [-0.39, 0.29) is 16.2 Å². The minimum Gasteiger partial charge on any atom is -0.310 e. The molecule has 0 bridgehead atoms. The molecule has 0 amide bonds. The van der Waals surface area contributed by atoms with E-state index in [9.17, 15) is 0 Å². The molecule has 0 spiro atoms. The van der Waals surface area contributed by atoms with Crippen molar-refractivity contribution >= 4 is 34.1 Å². The van der Waals surface area contributed by atoms with Crippen LogP contribution in [0.4, 0.5) is 34.1 Å². The number of unbranched alkanes of at least 4 members (excludes halogenated alkanes) is 15. The van der Waals surface area contributed by atoms with Gasteiger partial charge >= 0.3 is 0 Å². The second-order valence-electron chi connectivity index (χ2n) is 39.6. The van der Waals surface area contributed by atoms with E-state index in [1.54, 1.807) is 16.7 Å². The summed E-state index contributed by atoms with van der Waals surface area (Å²) in [7, 11) is 0. The standard InChI is InChI=1S/C57H68N2.C31H26.C25H30.C15H24/c1-7-9-11-13-15-17-39-57(40-18-16-14-12-10-8-2)55-41-51(58(47-27-19-43(3)20-28-47)48-29-21-44(4)22-30-48)35-37-53(55)54-38-36-52(42-56(54)57)59(49-31-23-45(5)24-32-49)50-33-25-46(6)26-34-50;1-19-3-13-27-28-14-4-20(2)16-30(28)31(29(27)15-19,25-11-9-21-5-7-23(21)17-25)26-12-10-22-6-8-24(22)18-26;1-5-7-9-15-25(16-10-8-6-2)23-17-19(3)11-13-21(23)22-14-12-20(4)18-24(22)25;1-5-6-7-8-9-15-11-13(3)12(2)10-14(15)4/h19-38,41-42H,7-18,39-40H2,1-6H3;3-4,9-18H,5-8H2,1-2H3;5-6,11-14,17-18H,1-2,7-10,15-16H2,3-4H3;10-11H,5-9H2,1-4H3. The Kier molecular flexibility index (Phi) is 30.9. The zero-order valence-electron chi connectivity index (χ0n) is 81.7. The number of allylic oxidation sites excluding steroid dienone is 2. The fraction of sp³-hybridized carbons (Fsp3) is 0.359. The summed E-state index contributed by atoms with van der Waals surface area (Å²) in [5.41, 5.74) is 50.0. The summed E-state index contributed by atoms with van der Waals surface area (Å²) in [6, 6.07) is 98.7. The Morgan fingerprint density at radius 3 is 0.869 bits per heavy atom. The first-order valence-corrected chi connectivity index (χ1v) is 50.4. The van der Waals surface area contributed by atoms with Gasteiger partial charge in [-0.3, -0.25) is 0 Å². The highest BCUT2D eigenvalue weighted by Crippen LogP contribution is 2.61. The van der Waals surface area contributed by atoms with Crippen molar-refractivity contribution in [3.8, 4) is 33.4 Å². The molecule has 0 aliphatic heterocycles. The molecule has 13 aromatic rings. The lowest BCUT2D eigenvalue weighted by Crippen LogP contribution is -2.30. The van der Waals surface area contributed by atoms with Crippen LogP contribution in [0.2, 0.25) is 0 Å². The second-order valence-corrected chi connectivity index (χ2v) is 39.6. The van der Waals surface area contributed by atoms with E-state index in [2.05, 4.69) is 387 Å². The first kappa shape index (κ1) is 93.6. The third-order valence-electron chi connectivity index (χ3n) is 29.9. The molecule has 0 saturated carbocycles. The maximum atomic E-state index is 3.93. The van der Waals surface area contributed by atoms with Crippen molar-refractivity contribution in [3.63, 3.8) is 0 Å². The lowest BCUT2D eigenvalue weighted by Gasteiger charge is -2.37. The molecule has 670 valence electrons. The highest BCUT2D eigenvalue weighted by Gasteiger charge is 2.49. The Bertz CT molecular complexity index is 5630. The molecule has 0 radical (unpaired) electrons. The Balaban J connectivity index is 0.000000151. The summed E-state index contributed by atoms with van der Waals surface area (Å²) in [5.74, 6) is 0. The van der Waals surface area contributed by atoms with Gasteiger partial charge in [0.15, 0.2) is 0 Å². The molecule has 0 saturated heterocycles. The van der Waals surface area contributed by atoms with Gasteiger partial charge in [-0.15, -0.1) is 13.2 Å². The first-order chi connectivity index (χ1) is 63.2. The van der Waals surface area contributed by atoms with Gasteiger partial charge in [-0.2, -0.15) is 0 Å². The van der Waals surface area contributed by atoms with Crippen LogP contribution in [0.5, 0.6) is 0 Å². The summed E-state index contributed by atoms with van der Waals surface area (Å²) in [4.78, 5) is 4.95. The highest BCUT2D eigenvalue weighted by atomic mass is 15.1. The van der Waals surface area contributed by atoms with Crippen molar-refractivity contribution in [2.24, 2.45) is 0 Å². The molecule has 18 rings (SSSR count). The van der Waals surface area contributed by atoms with E-state index < -0.39 is 0 Å². The van der Waals surface area contributed by atoms with Gasteiger partial charge in [0.05, 0.1) is 5.41 Å². The minimum absolute atomic E-state index is 0.0787. The number of nitrogens with zero attached hydrogens (tertiary/aromatic N) is 2. The molecular formula is C128H148N2. The van der Waals surface area contributed by atoms with E-state index in [0.29, 0.717) is 0 Å². The van der Waals surface area contributed by atoms with Crippen LogP contribution < -0.4 is 9.80 Å². The third-order valence-corrected chi connectivity index (χ3v) is 29.9. The van der Waals surface area contributed by atoms with Gasteiger partial charge in [0.1, 0.15) is 0 Å². The van der Waals surface area contributed by atoms with Crippen LogP contribution in [0, 0.1) is 76.2 Å². The molecule has 0 N–H and O–H groups in total. The predicted molar refractivity (Wildman–Crippen MR) is 564 cm³/mol. The van der Waals surface area contributed by atoms with E-state index in [0.717, 1.165) is 12.8 Å². The van der Waals surface area contributed by atoms with Crippen molar-refractivity contribution in [2.75, 3.05) is 9.80 Å². The average molecular weight is 1710 g/mol. The van der Waals surface area contributed by atoms with Gasteiger partial charge in [0.25, 0.3) is 0 Å². The Hall–Kier alpha value is -11.1. The fourth-order valence-electron chi connectivity index (χ4n) is 22.2. The van der Waals surface area contributed by atoms with Crippen molar-refractivity contribution in [1.29, 1.82) is 0 Å². The van der Waals surface area contributed by atoms with Crippen molar-refractivity contribution in [1.82, 2.24) is 0 Å². The number of hydrogen-bond acceptors (Lipinski definition) is 2. The van der Waals surface area contributed by atoms with Gasteiger partial charge in [0, 0.05) is 45.0 Å². The van der Waals surface area contributed by atoms with E-state index in [4.69, 9.17) is 0 Å². The maximum absolute atomic E-state index is 3.93. The molecule has 0 fully saturated rings. The number of fused-ring (bicyclic) bond motifs is 11. The molecule has 5 aliphatic rings. The van der Waals surface area contributed by atoms with Gasteiger partial charge in [-0.05, 0) is 361 Å². The lowest BCUT2D eigenvalue weighted by atomic mass is 9.65. The SMILES string of the molecule is C=CCCCC1(CCCC=C)c2cc(C)ccc2-c2ccc(C)cc21.CCCCCCCCC1(CCCCCCCC)c2cc(N(c3ccc(C)cc3)c3ccc(C)cc3)ccc2-c2ccc(N(c3ccc(C)cc3)c3ccc(C)cc3)cc21.CCCCCCc1cc(C)c(C)cc1C.Cc1ccc2c(c1)C(c1ccc3c(c1)CC3)(c1ccc3c(c1)CC3)c1cc(C)ccc1-2. The first-order valence-electron chi connectivity index (χ1n) is 50.4. The van der Waals surface area contributed by atoms with Crippen molar-refractivity contribution < 1.29 is 0 Å². The van der Waals surface area contributed by atoms with Crippen LogP contribution in [0.25, 0.3) is 33.4 Å². The molecule has 13 aromatic carbocycles. The number of rotatable bonds is 35. The lowest BCUT2D eigenvalue weighted by molar-refractivity contribution is 0.398. The highest BCUT2D eigenvalue weighted by molar-refractivity contribution is 5.91. The summed E-state index contributed by atoms with van der Waals surface area (Å²) in [6.45, 7) is 39.0. The number of benzene rings is 13. The fourth-order valence-corrected chi connectivity index (χ4v) is 22.2. The Morgan fingerprint density at radius 1 is 0.246 bits per heavy atom. The molecule has 0 heterocycles. The van der Waals surface area contributed by atoms with Crippen molar-refractivity contribution in [3.05, 3.63) is 414 Å². The number of aryl methyl sites for hydroxylation is 16. The molecule has 0 atom stereocenters. The quantitative estimate of drug-likeness (QED) is 0.0289. The van der Waals surface area contributed by atoms with Crippen LogP contribution in [0.15, 0.2) is 280 Å². The van der Waals surface area contributed by atoms with Crippen LogP contribution in [0.3, 0.4) is 0 Å². The number of anilines is 6. The Labute approximate surface area is 784 Å². The van der Waals surface area contributed by atoms with E-state index in [1.807, 2.05) is 0 Å². The van der Waals surface area contributed by atoms with Crippen LogP contribution >= 0.6 is 0 Å². The number of hydrogen-bond donors (Lipinski definition) is 0. The molecule has 5 aliphatic carbocycles. The minimum atomic E-state index is -0.238. The van der Waals surface area contributed by atoms with Crippen LogP contribution in [0.1, 0.15) is 308 Å². The smallest absolute Gasteiger partial charge is 0.0713 e. The molecule has 0 unspecified atom stereocenters. The molecule has 2 nitrogen and oxygen atoms in total. The molecule has 0 aromatic heterocycles. The summed E-state index contributed by atoms with van der Waals surface area (Å²) < 4.78 is 0. The predicted octanol–water partition coefficient (Wildman–Crippen LogP) is 36.5. The third kappa shape index (κ3) is 20.2. The van der Waals surface area contributed by atoms with Gasteiger partial charge in [-0.1, -0.05) is 356 Å². The normalized spacial score (nSPS) is 13.6. The van der Waals surface area contributed by atoms with Gasteiger partial charge < -0.3 is 9.80 Å². The topological polar surface area (TPSA) is 6.48 Å². The molecular weight excluding hydrogens is 1570 g/mol. The van der Waals surface area contributed by atoms with Gasteiger partial charge in [0.2, 0.25) is 0 Å². The second kappa shape index (κ2) is 42.9. The van der Waals surface area contributed by atoms with Crippen LogP contribution in [-0.2, 0) is 48.3 Å². The van der Waals surface area contributed by atoms with E-state index in [1.165, 1.54) is 358 Å². The molecule has 2 heteroatoms. The van der Waals surface area contributed by atoms with Gasteiger partial charge in [-0.25, -0.2) is 0 Å². The molecule has 130 heavy (non-hydrogen) atoms. The summed E-state index contributed by atoms with van der Waals surface area (Å²) >= 11 is 0. The average Bonchev–Trinajstić information content (AvgIpc) is 1.52. The van der Waals surface area contributed by atoms with E-state index >= 15 is 0 Å². The van der Waals surface area contributed by atoms with Crippen LogP contribution in [-0.4, -0.2) is 0 Å². The zero-order chi connectivity index (χ0) is 91.1. The summed E-state index contributed by atoms with van der Waals surface area (Å²) in [6.07, 6.45) is 40.6. The monoisotopic (exact) mass is 1710 g/mol. The largest absolute Gasteiger partial charge is 0.310 e. The zero-order valence-corrected chi connectivity index (χ0v) is 81.7. The van der Waals surface area contributed by atoms with Crippen molar-refractivity contribution in [2.45, 2.75) is 299 Å². The summed E-state index contributed by atoms with van der Waals surface area (Å²) in [5, 5.41) is 0. The Morgan fingerprint density at radius 2 is 0.531 bits per heavy atom. The maximum Gasteiger partial charge on any atom is 0.0713 e.